The third-order valence-electron chi connectivity index (χ3n) is 3.90. The molecule has 4 nitrogen and oxygen atoms in total. The zero-order valence-corrected chi connectivity index (χ0v) is 11.8. The van der Waals surface area contributed by atoms with E-state index in [0.717, 1.165) is 19.3 Å². The van der Waals surface area contributed by atoms with Gasteiger partial charge in [-0.2, -0.15) is 13.2 Å². The molecule has 1 aliphatic carbocycles. The highest BCUT2D eigenvalue weighted by molar-refractivity contribution is 8.00. The summed E-state index contributed by atoms with van der Waals surface area (Å²) < 4.78 is 36.6. The van der Waals surface area contributed by atoms with E-state index >= 15 is 0 Å². The molecule has 2 rings (SSSR count). The number of thioether (sulfide) groups is 1. The smallest absolute Gasteiger partial charge is 0.345 e. The molecule has 1 spiro atoms. The van der Waals surface area contributed by atoms with Crippen molar-refractivity contribution in [2.24, 2.45) is 0 Å². The van der Waals surface area contributed by atoms with E-state index in [1.54, 1.807) is 0 Å². The van der Waals surface area contributed by atoms with Crippen LogP contribution in [0.3, 0.4) is 0 Å². The number of piperazine rings is 1. The standard InChI is InChI=1S/C12H17F3N2O2S/c13-12(14,15)20-7-6-17-9(18)8-16-10(19)11(17)4-2-1-3-5-11/h1-8H2,(H,16,19). The summed E-state index contributed by atoms with van der Waals surface area (Å²) in [5.41, 5.74) is -5.22. The fourth-order valence-electron chi connectivity index (χ4n) is 3.00. The molecule has 0 unspecified atom stereocenters. The molecular weight excluding hydrogens is 293 g/mol. The molecule has 0 bridgehead atoms. The zero-order chi connectivity index (χ0) is 14.8. The molecule has 1 N–H and O–H groups in total. The lowest BCUT2D eigenvalue weighted by Gasteiger charge is -2.47. The van der Waals surface area contributed by atoms with Gasteiger partial charge in [0, 0.05) is 12.3 Å². The van der Waals surface area contributed by atoms with Crippen molar-refractivity contribution in [2.45, 2.75) is 43.2 Å². The predicted molar refractivity (Wildman–Crippen MR) is 69.1 cm³/mol. The van der Waals surface area contributed by atoms with Crippen LogP contribution in [0.5, 0.6) is 0 Å². The Morgan fingerprint density at radius 1 is 1.20 bits per heavy atom. The van der Waals surface area contributed by atoms with Gasteiger partial charge in [0.2, 0.25) is 11.8 Å². The maximum absolute atomic E-state index is 12.2. The average Bonchev–Trinajstić information content (AvgIpc) is 2.38. The Balaban J connectivity index is 2.08. The Kier molecular flexibility index (Phi) is 4.51. The van der Waals surface area contributed by atoms with Crippen LogP contribution in [0, 0.1) is 0 Å². The van der Waals surface area contributed by atoms with E-state index in [4.69, 9.17) is 0 Å². The zero-order valence-electron chi connectivity index (χ0n) is 11.0. The van der Waals surface area contributed by atoms with E-state index in [1.807, 2.05) is 0 Å². The summed E-state index contributed by atoms with van der Waals surface area (Å²) >= 11 is -0.148. The second kappa shape index (κ2) is 5.83. The molecule has 0 aromatic rings. The molecule has 1 heterocycles. The van der Waals surface area contributed by atoms with Gasteiger partial charge in [0.1, 0.15) is 5.54 Å². The van der Waals surface area contributed by atoms with Crippen LogP contribution in [0.25, 0.3) is 0 Å². The number of nitrogens with one attached hydrogen (secondary N) is 1. The maximum Gasteiger partial charge on any atom is 0.441 e. The third-order valence-corrected chi connectivity index (χ3v) is 4.62. The number of rotatable bonds is 3. The first-order chi connectivity index (χ1) is 9.35. The lowest BCUT2D eigenvalue weighted by molar-refractivity contribution is -0.155. The normalized spacial score (nSPS) is 23.1. The number of carbonyl (C=O) groups excluding carboxylic acids is 2. The number of amides is 2. The molecule has 1 saturated heterocycles. The molecular formula is C12H17F3N2O2S. The van der Waals surface area contributed by atoms with Crippen LogP contribution >= 0.6 is 11.8 Å². The predicted octanol–water partition coefficient (Wildman–Crippen LogP) is 1.90. The summed E-state index contributed by atoms with van der Waals surface area (Å²) in [5.74, 6) is -0.729. The number of hydrogen-bond acceptors (Lipinski definition) is 3. The highest BCUT2D eigenvalue weighted by Gasteiger charge is 2.49. The minimum absolute atomic E-state index is 0.0313. The minimum Gasteiger partial charge on any atom is -0.345 e. The highest BCUT2D eigenvalue weighted by atomic mass is 32.2. The number of halogens is 3. The van der Waals surface area contributed by atoms with Crippen LogP contribution in [0.15, 0.2) is 0 Å². The number of hydrogen-bond donors (Lipinski definition) is 1. The lowest BCUT2D eigenvalue weighted by Crippen LogP contribution is -2.68. The molecule has 2 fully saturated rings. The fourth-order valence-corrected chi connectivity index (χ4v) is 3.51. The summed E-state index contributed by atoms with van der Waals surface area (Å²) in [6.07, 6.45) is 3.73. The van der Waals surface area contributed by atoms with Crippen LogP contribution in [0.2, 0.25) is 0 Å². The molecule has 1 saturated carbocycles. The van der Waals surface area contributed by atoms with E-state index in [-0.39, 0.29) is 42.4 Å². The highest BCUT2D eigenvalue weighted by Crippen LogP contribution is 2.37. The Labute approximate surface area is 119 Å². The topological polar surface area (TPSA) is 49.4 Å². The van der Waals surface area contributed by atoms with E-state index in [2.05, 4.69) is 5.32 Å². The van der Waals surface area contributed by atoms with Crippen LogP contribution in [-0.4, -0.2) is 46.6 Å². The van der Waals surface area contributed by atoms with E-state index < -0.39 is 11.0 Å². The van der Waals surface area contributed by atoms with Crippen LogP contribution in [0.1, 0.15) is 32.1 Å². The van der Waals surface area contributed by atoms with Crippen molar-refractivity contribution < 1.29 is 22.8 Å². The second-order valence-corrected chi connectivity index (χ2v) is 6.27. The molecule has 2 amide bonds. The van der Waals surface area contributed by atoms with Crippen molar-refractivity contribution in [3.63, 3.8) is 0 Å². The Morgan fingerprint density at radius 3 is 2.45 bits per heavy atom. The van der Waals surface area contributed by atoms with Gasteiger partial charge >= 0.3 is 5.51 Å². The fraction of sp³-hybridized carbons (Fsp3) is 0.833. The van der Waals surface area contributed by atoms with Crippen molar-refractivity contribution in [1.29, 1.82) is 0 Å². The van der Waals surface area contributed by atoms with Gasteiger partial charge in [0.25, 0.3) is 0 Å². The maximum atomic E-state index is 12.2. The molecule has 1 aliphatic heterocycles. The lowest BCUT2D eigenvalue weighted by atomic mass is 9.78. The number of carbonyl (C=O) groups is 2. The number of nitrogens with zero attached hydrogens (tertiary/aromatic N) is 1. The Hall–Kier alpha value is -0.920. The van der Waals surface area contributed by atoms with Crippen molar-refractivity contribution in [3.8, 4) is 0 Å². The Morgan fingerprint density at radius 2 is 1.85 bits per heavy atom. The van der Waals surface area contributed by atoms with E-state index in [9.17, 15) is 22.8 Å². The number of alkyl halides is 3. The SMILES string of the molecule is O=C1CNC(=O)C2(CCCCC2)N1CCSC(F)(F)F. The molecule has 0 aromatic carbocycles. The summed E-state index contributed by atoms with van der Waals surface area (Å²) in [6, 6.07) is 0. The molecule has 20 heavy (non-hydrogen) atoms. The summed E-state index contributed by atoms with van der Waals surface area (Å²) in [5, 5.41) is 2.57. The van der Waals surface area contributed by atoms with Crippen molar-refractivity contribution >= 4 is 23.6 Å². The van der Waals surface area contributed by atoms with Crippen molar-refractivity contribution in [3.05, 3.63) is 0 Å². The quantitative estimate of drug-likeness (QED) is 0.866. The van der Waals surface area contributed by atoms with E-state index in [1.165, 1.54) is 4.90 Å². The minimum atomic E-state index is -4.30. The summed E-state index contributed by atoms with van der Waals surface area (Å²) in [7, 11) is 0. The van der Waals surface area contributed by atoms with Gasteiger partial charge < -0.3 is 10.2 Å². The van der Waals surface area contributed by atoms with Gasteiger partial charge in [-0.05, 0) is 24.6 Å². The van der Waals surface area contributed by atoms with Gasteiger partial charge in [-0.1, -0.05) is 19.3 Å². The van der Waals surface area contributed by atoms with Gasteiger partial charge in [-0.3, -0.25) is 9.59 Å². The first kappa shape index (κ1) is 15.5. The molecule has 0 radical (unpaired) electrons. The van der Waals surface area contributed by atoms with Gasteiger partial charge in [0.05, 0.1) is 6.54 Å². The van der Waals surface area contributed by atoms with Crippen molar-refractivity contribution in [1.82, 2.24) is 10.2 Å². The van der Waals surface area contributed by atoms with Gasteiger partial charge in [-0.25, -0.2) is 0 Å². The first-order valence-corrected chi connectivity index (χ1v) is 7.63. The largest absolute Gasteiger partial charge is 0.441 e. The molecule has 8 heteroatoms. The molecule has 0 atom stereocenters. The average molecular weight is 310 g/mol. The van der Waals surface area contributed by atoms with Gasteiger partial charge in [-0.15, -0.1) is 0 Å². The van der Waals surface area contributed by atoms with E-state index in [0.29, 0.717) is 12.8 Å². The van der Waals surface area contributed by atoms with Crippen LogP contribution in [-0.2, 0) is 9.59 Å². The second-order valence-electron chi connectivity index (χ2n) is 5.11. The van der Waals surface area contributed by atoms with Gasteiger partial charge in [0.15, 0.2) is 0 Å². The third kappa shape index (κ3) is 3.21. The molecule has 114 valence electrons. The van der Waals surface area contributed by atoms with Crippen LogP contribution < -0.4 is 5.32 Å². The summed E-state index contributed by atoms with van der Waals surface area (Å²) in [6.45, 7) is -0.145. The van der Waals surface area contributed by atoms with Crippen molar-refractivity contribution in [2.75, 3.05) is 18.8 Å². The monoisotopic (exact) mass is 310 g/mol. The first-order valence-electron chi connectivity index (χ1n) is 6.65. The molecule has 2 aliphatic rings. The Bertz CT molecular complexity index is 395. The van der Waals surface area contributed by atoms with Crippen LogP contribution in [0.4, 0.5) is 13.2 Å². The summed E-state index contributed by atoms with van der Waals surface area (Å²) in [4.78, 5) is 25.5. The molecule has 0 aromatic heterocycles.